The van der Waals surface area contributed by atoms with E-state index in [0.717, 1.165) is 24.0 Å². The molecule has 0 aliphatic rings. The van der Waals surface area contributed by atoms with Gasteiger partial charge in [0.05, 0.1) is 12.8 Å². The van der Waals surface area contributed by atoms with Crippen LogP contribution in [0.15, 0.2) is 53.6 Å². The summed E-state index contributed by atoms with van der Waals surface area (Å²) in [6, 6.07) is 14.9. The first kappa shape index (κ1) is 30.4. The van der Waals surface area contributed by atoms with Crippen molar-refractivity contribution in [3.8, 4) is 5.75 Å². The van der Waals surface area contributed by atoms with Crippen molar-refractivity contribution in [3.63, 3.8) is 0 Å². The van der Waals surface area contributed by atoms with Gasteiger partial charge in [-0.2, -0.15) is 5.10 Å². The van der Waals surface area contributed by atoms with Gasteiger partial charge in [0.2, 0.25) is 5.91 Å². The molecule has 6 nitrogen and oxygen atoms in total. The smallest absolute Gasteiger partial charge is 0.259 e. The van der Waals surface area contributed by atoms with Crippen LogP contribution in [0.4, 0.5) is 0 Å². The molecule has 0 atom stereocenters. The molecule has 37 heavy (non-hydrogen) atoms. The molecule has 0 aliphatic carbocycles. The number of carbonyl (C=O) groups is 2. The van der Waals surface area contributed by atoms with Crippen LogP contribution in [0, 0.1) is 0 Å². The number of nitrogens with one attached hydrogen (secondary N) is 2. The standard InChI is InChI=1S/C30H42ClN3O3/c1-2-3-4-5-6-7-8-9-10-11-12-16-29(35)32-23-30(36)34-33-22-26-14-13-15-28(21-26)37-24-25-17-19-27(31)20-18-25/h13-15,17-22H,2-12,16,23-24H2,1H3,(H,32,35)(H,34,36)/b33-22-. The van der Waals surface area contributed by atoms with Crippen LogP contribution < -0.4 is 15.5 Å². The summed E-state index contributed by atoms with van der Waals surface area (Å²) in [5, 5.41) is 7.32. The molecule has 0 aliphatic heterocycles. The van der Waals surface area contributed by atoms with Crippen LogP contribution >= 0.6 is 11.6 Å². The number of hydrogen-bond donors (Lipinski definition) is 2. The van der Waals surface area contributed by atoms with Gasteiger partial charge in [-0.05, 0) is 41.8 Å². The van der Waals surface area contributed by atoms with E-state index in [2.05, 4.69) is 22.8 Å². The van der Waals surface area contributed by atoms with E-state index in [1.54, 1.807) is 6.21 Å². The van der Waals surface area contributed by atoms with Crippen molar-refractivity contribution >= 4 is 29.6 Å². The van der Waals surface area contributed by atoms with Crippen LogP contribution in [0.2, 0.25) is 5.02 Å². The zero-order valence-corrected chi connectivity index (χ0v) is 22.9. The highest BCUT2D eigenvalue weighted by Crippen LogP contribution is 2.16. The van der Waals surface area contributed by atoms with Crippen molar-refractivity contribution < 1.29 is 14.3 Å². The van der Waals surface area contributed by atoms with Crippen LogP contribution in [0.1, 0.15) is 95.1 Å². The molecule has 0 spiro atoms. The highest BCUT2D eigenvalue weighted by Gasteiger charge is 2.05. The number of halogens is 1. The fraction of sp³-hybridized carbons (Fsp3) is 0.500. The molecular weight excluding hydrogens is 486 g/mol. The van der Waals surface area contributed by atoms with Crippen LogP contribution in [-0.2, 0) is 16.2 Å². The minimum atomic E-state index is -0.362. The van der Waals surface area contributed by atoms with Crippen molar-refractivity contribution in [2.75, 3.05) is 6.54 Å². The molecule has 2 rings (SSSR count). The fourth-order valence-electron chi connectivity index (χ4n) is 3.87. The van der Waals surface area contributed by atoms with Gasteiger partial charge >= 0.3 is 0 Å². The Hall–Kier alpha value is -2.86. The topological polar surface area (TPSA) is 79.8 Å². The first-order chi connectivity index (χ1) is 18.1. The van der Waals surface area contributed by atoms with Gasteiger partial charge in [-0.1, -0.05) is 107 Å². The normalized spacial score (nSPS) is 11.0. The zero-order valence-electron chi connectivity index (χ0n) is 22.1. The second kappa shape index (κ2) is 19.3. The predicted molar refractivity (Wildman–Crippen MR) is 152 cm³/mol. The molecule has 0 unspecified atom stereocenters. The van der Waals surface area contributed by atoms with E-state index in [9.17, 15) is 9.59 Å². The van der Waals surface area contributed by atoms with Gasteiger partial charge in [-0.15, -0.1) is 0 Å². The maximum Gasteiger partial charge on any atom is 0.259 e. The highest BCUT2D eigenvalue weighted by molar-refractivity contribution is 6.30. The summed E-state index contributed by atoms with van der Waals surface area (Å²) < 4.78 is 5.81. The average Bonchev–Trinajstić information content (AvgIpc) is 2.90. The van der Waals surface area contributed by atoms with Gasteiger partial charge < -0.3 is 10.1 Å². The summed E-state index contributed by atoms with van der Waals surface area (Å²) in [6.45, 7) is 2.58. The fourth-order valence-corrected chi connectivity index (χ4v) is 3.99. The van der Waals surface area contributed by atoms with Crippen LogP contribution in [0.3, 0.4) is 0 Å². The lowest BCUT2D eigenvalue weighted by Gasteiger charge is -2.07. The number of unbranched alkanes of at least 4 members (excludes halogenated alkanes) is 10. The molecular formula is C30H42ClN3O3. The summed E-state index contributed by atoms with van der Waals surface area (Å²) in [7, 11) is 0. The first-order valence-electron chi connectivity index (χ1n) is 13.6. The van der Waals surface area contributed by atoms with E-state index in [-0.39, 0.29) is 18.4 Å². The second-order valence-corrected chi connectivity index (χ2v) is 9.78. The lowest BCUT2D eigenvalue weighted by Crippen LogP contribution is -2.34. The summed E-state index contributed by atoms with van der Waals surface area (Å²) in [5.41, 5.74) is 4.25. The summed E-state index contributed by atoms with van der Waals surface area (Å²) >= 11 is 5.91. The molecule has 0 saturated carbocycles. The van der Waals surface area contributed by atoms with Crippen molar-refractivity contribution in [2.24, 2.45) is 5.10 Å². The van der Waals surface area contributed by atoms with Gasteiger partial charge in [-0.25, -0.2) is 5.43 Å². The Kier molecular flexibility index (Phi) is 15.8. The molecule has 2 amide bonds. The Balaban J connectivity index is 1.52. The van der Waals surface area contributed by atoms with E-state index in [4.69, 9.17) is 16.3 Å². The number of benzene rings is 2. The maximum absolute atomic E-state index is 12.0. The molecule has 2 aromatic carbocycles. The third-order valence-electron chi connectivity index (χ3n) is 6.03. The molecule has 202 valence electrons. The van der Waals surface area contributed by atoms with E-state index in [1.807, 2.05) is 48.5 Å². The summed E-state index contributed by atoms with van der Waals surface area (Å²) in [6.07, 6.45) is 15.7. The largest absolute Gasteiger partial charge is 0.489 e. The molecule has 0 radical (unpaired) electrons. The predicted octanol–water partition coefficient (Wildman–Crippen LogP) is 7.19. The van der Waals surface area contributed by atoms with E-state index in [0.29, 0.717) is 23.8 Å². The van der Waals surface area contributed by atoms with Gasteiger partial charge in [0.1, 0.15) is 12.4 Å². The monoisotopic (exact) mass is 527 g/mol. The van der Waals surface area contributed by atoms with Gasteiger partial charge in [0, 0.05) is 11.4 Å². The number of rotatable bonds is 19. The summed E-state index contributed by atoms with van der Waals surface area (Å²) in [5.74, 6) is 0.235. The number of ether oxygens (including phenoxy) is 1. The minimum absolute atomic E-state index is 0.0849. The number of hydrogen-bond acceptors (Lipinski definition) is 4. The molecule has 0 saturated heterocycles. The first-order valence-corrected chi connectivity index (χ1v) is 14.0. The SMILES string of the molecule is CCCCCCCCCCCCCC(=O)NCC(=O)N/N=C\c1cccc(OCc2ccc(Cl)cc2)c1. The van der Waals surface area contributed by atoms with Crippen molar-refractivity contribution in [3.05, 3.63) is 64.7 Å². The maximum atomic E-state index is 12.0. The number of hydrazone groups is 1. The van der Waals surface area contributed by atoms with Gasteiger partial charge in [0.15, 0.2) is 0 Å². The third kappa shape index (κ3) is 15.1. The van der Waals surface area contributed by atoms with Crippen LogP contribution in [-0.4, -0.2) is 24.6 Å². The Morgan fingerprint density at radius 3 is 2.19 bits per heavy atom. The van der Waals surface area contributed by atoms with Crippen LogP contribution in [0.5, 0.6) is 5.75 Å². The van der Waals surface area contributed by atoms with Gasteiger partial charge in [0.25, 0.3) is 5.91 Å². The number of carbonyl (C=O) groups excluding carboxylic acids is 2. The molecule has 0 bridgehead atoms. The second-order valence-electron chi connectivity index (χ2n) is 9.34. The Labute approximate surface area is 227 Å². The van der Waals surface area contributed by atoms with Crippen molar-refractivity contribution in [2.45, 2.75) is 90.6 Å². The quantitative estimate of drug-likeness (QED) is 0.115. The molecule has 0 heterocycles. The molecule has 2 N–H and O–H groups in total. The Morgan fingerprint density at radius 2 is 1.51 bits per heavy atom. The molecule has 0 aromatic heterocycles. The van der Waals surface area contributed by atoms with E-state index in [1.165, 1.54) is 57.8 Å². The van der Waals surface area contributed by atoms with Crippen molar-refractivity contribution in [1.29, 1.82) is 0 Å². The molecule has 0 fully saturated rings. The zero-order chi connectivity index (χ0) is 26.6. The highest BCUT2D eigenvalue weighted by atomic mass is 35.5. The van der Waals surface area contributed by atoms with Crippen molar-refractivity contribution in [1.82, 2.24) is 10.7 Å². The Morgan fingerprint density at radius 1 is 0.865 bits per heavy atom. The number of nitrogens with zero attached hydrogens (tertiary/aromatic N) is 1. The molecule has 7 heteroatoms. The Bertz CT molecular complexity index is 947. The molecule has 2 aromatic rings. The lowest BCUT2D eigenvalue weighted by atomic mass is 10.1. The van der Waals surface area contributed by atoms with E-state index >= 15 is 0 Å². The summed E-state index contributed by atoms with van der Waals surface area (Å²) in [4.78, 5) is 23.9. The third-order valence-corrected chi connectivity index (χ3v) is 6.29. The van der Waals surface area contributed by atoms with Gasteiger partial charge in [-0.3, -0.25) is 9.59 Å². The average molecular weight is 528 g/mol. The van der Waals surface area contributed by atoms with Crippen LogP contribution in [0.25, 0.3) is 0 Å². The number of amides is 2. The minimum Gasteiger partial charge on any atom is -0.489 e. The lowest BCUT2D eigenvalue weighted by molar-refractivity contribution is -0.126. The van der Waals surface area contributed by atoms with E-state index < -0.39 is 0 Å².